The lowest BCUT2D eigenvalue weighted by Crippen LogP contribution is -2.47. The van der Waals surface area contributed by atoms with Crippen LogP contribution in [0, 0.1) is 0 Å². The van der Waals surface area contributed by atoms with Crippen molar-refractivity contribution in [2.24, 2.45) is 5.73 Å². The molecule has 98 valence electrons. The first-order valence-corrected chi connectivity index (χ1v) is 5.66. The van der Waals surface area contributed by atoms with Crippen LogP contribution < -0.4 is 11.1 Å². The summed E-state index contributed by atoms with van der Waals surface area (Å²) in [5.74, 6) is -0.734. The standard InChI is InChI=1S/C9H15N7O2/c10-8(17)4-16(7-1-2-11-3-7)9(18)5-15-6-12-13-14-15/h6-7,11H,1-5H2,(H2,10,17). The minimum Gasteiger partial charge on any atom is -0.368 e. The lowest BCUT2D eigenvalue weighted by Gasteiger charge is -2.27. The van der Waals surface area contributed by atoms with Gasteiger partial charge in [0.25, 0.3) is 0 Å². The molecule has 0 saturated carbocycles. The first-order valence-electron chi connectivity index (χ1n) is 5.66. The fourth-order valence-electron chi connectivity index (χ4n) is 1.98. The summed E-state index contributed by atoms with van der Waals surface area (Å²) in [6, 6.07) is 0.00137. The number of tetrazole rings is 1. The molecule has 1 aromatic heterocycles. The number of rotatable bonds is 5. The number of carbonyl (C=O) groups is 2. The molecule has 2 rings (SSSR count). The number of hydrogen-bond acceptors (Lipinski definition) is 6. The zero-order valence-electron chi connectivity index (χ0n) is 9.82. The SMILES string of the molecule is NC(=O)CN(C(=O)Cn1cnnn1)C1CCNC1. The Morgan fingerprint density at radius 1 is 1.56 bits per heavy atom. The summed E-state index contributed by atoms with van der Waals surface area (Å²) in [5, 5.41) is 13.7. The third-order valence-electron chi connectivity index (χ3n) is 2.81. The Kier molecular flexibility index (Phi) is 3.82. The van der Waals surface area contributed by atoms with E-state index >= 15 is 0 Å². The molecule has 0 radical (unpaired) electrons. The van der Waals surface area contributed by atoms with Gasteiger partial charge in [0.05, 0.1) is 6.54 Å². The molecule has 18 heavy (non-hydrogen) atoms. The van der Waals surface area contributed by atoms with E-state index in [1.54, 1.807) is 0 Å². The van der Waals surface area contributed by atoms with Crippen LogP contribution in [0.3, 0.4) is 0 Å². The zero-order valence-corrected chi connectivity index (χ0v) is 9.82. The summed E-state index contributed by atoms with van der Waals surface area (Å²) in [4.78, 5) is 24.6. The number of nitrogens with two attached hydrogens (primary N) is 1. The van der Waals surface area contributed by atoms with Crippen LogP contribution in [0.5, 0.6) is 0 Å². The highest BCUT2D eigenvalue weighted by Crippen LogP contribution is 2.09. The lowest BCUT2D eigenvalue weighted by atomic mass is 10.2. The van der Waals surface area contributed by atoms with Crippen LogP contribution in [0.1, 0.15) is 6.42 Å². The van der Waals surface area contributed by atoms with E-state index in [4.69, 9.17) is 5.73 Å². The number of amides is 2. The monoisotopic (exact) mass is 253 g/mol. The number of hydrogen-bond donors (Lipinski definition) is 2. The van der Waals surface area contributed by atoms with Crippen LogP contribution in [0.15, 0.2) is 6.33 Å². The second kappa shape index (κ2) is 5.54. The van der Waals surface area contributed by atoms with E-state index in [2.05, 4.69) is 20.8 Å². The molecular weight excluding hydrogens is 238 g/mol. The summed E-state index contributed by atoms with van der Waals surface area (Å²) >= 11 is 0. The molecule has 9 nitrogen and oxygen atoms in total. The fraction of sp³-hybridized carbons (Fsp3) is 0.667. The van der Waals surface area contributed by atoms with Gasteiger partial charge in [0.1, 0.15) is 12.9 Å². The highest BCUT2D eigenvalue weighted by molar-refractivity contribution is 5.84. The third-order valence-corrected chi connectivity index (χ3v) is 2.81. The van der Waals surface area contributed by atoms with E-state index in [0.29, 0.717) is 6.54 Å². The van der Waals surface area contributed by atoms with Crippen molar-refractivity contribution in [3.8, 4) is 0 Å². The van der Waals surface area contributed by atoms with Crippen molar-refractivity contribution in [2.75, 3.05) is 19.6 Å². The van der Waals surface area contributed by atoms with Gasteiger partial charge in [0.15, 0.2) is 0 Å². The van der Waals surface area contributed by atoms with Gasteiger partial charge in [0, 0.05) is 12.6 Å². The van der Waals surface area contributed by atoms with Gasteiger partial charge < -0.3 is 16.0 Å². The maximum absolute atomic E-state index is 12.1. The van der Waals surface area contributed by atoms with Gasteiger partial charge >= 0.3 is 0 Å². The summed E-state index contributed by atoms with van der Waals surface area (Å²) in [6.45, 7) is 1.44. The molecule has 0 bridgehead atoms. The van der Waals surface area contributed by atoms with Crippen molar-refractivity contribution < 1.29 is 9.59 Å². The molecule has 1 aliphatic rings. The van der Waals surface area contributed by atoms with Gasteiger partial charge in [-0.25, -0.2) is 4.68 Å². The van der Waals surface area contributed by atoms with Gasteiger partial charge in [-0.05, 0) is 23.4 Å². The molecular formula is C9H15N7O2. The van der Waals surface area contributed by atoms with Crippen LogP contribution in [0.25, 0.3) is 0 Å². The number of aromatic nitrogens is 4. The molecule has 1 fully saturated rings. The van der Waals surface area contributed by atoms with E-state index in [1.165, 1.54) is 15.9 Å². The molecule has 0 aromatic carbocycles. The highest BCUT2D eigenvalue weighted by atomic mass is 16.2. The van der Waals surface area contributed by atoms with Crippen LogP contribution in [0.2, 0.25) is 0 Å². The summed E-state index contributed by atoms with van der Waals surface area (Å²) in [5.41, 5.74) is 5.17. The second-order valence-electron chi connectivity index (χ2n) is 4.14. The quantitative estimate of drug-likeness (QED) is 0.591. The number of nitrogens with zero attached hydrogens (tertiary/aromatic N) is 5. The summed E-state index contributed by atoms with van der Waals surface area (Å²) < 4.78 is 1.32. The van der Waals surface area contributed by atoms with E-state index in [0.717, 1.165) is 13.0 Å². The Balaban J connectivity index is 2.02. The average molecular weight is 253 g/mol. The molecule has 0 spiro atoms. The van der Waals surface area contributed by atoms with Crippen molar-refractivity contribution in [1.82, 2.24) is 30.4 Å². The molecule has 2 heterocycles. The van der Waals surface area contributed by atoms with Crippen molar-refractivity contribution >= 4 is 11.8 Å². The smallest absolute Gasteiger partial charge is 0.245 e. The van der Waals surface area contributed by atoms with Crippen LogP contribution in [-0.2, 0) is 16.1 Å². The largest absolute Gasteiger partial charge is 0.368 e. The molecule has 1 saturated heterocycles. The zero-order chi connectivity index (χ0) is 13.0. The Labute approximate surface area is 103 Å². The molecule has 3 N–H and O–H groups in total. The summed E-state index contributed by atoms with van der Waals surface area (Å²) in [6.07, 6.45) is 2.17. The molecule has 2 amide bonds. The number of primary amides is 1. The van der Waals surface area contributed by atoms with E-state index < -0.39 is 5.91 Å². The Hall–Kier alpha value is -2.03. The predicted molar refractivity (Wildman–Crippen MR) is 60.0 cm³/mol. The first-order chi connectivity index (χ1) is 8.66. The highest BCUT2D eigenvalue weighted by Gasteiger charge is 2.27. The molecule has 1 atom stereocenters. The van der Waals surface area contributed by atoms with Crippen molar-refractivity contribution in [3.63, 3.8) is 0 Å². The van der Waals surface area contributed by atoms with E-state index in [9.17, 15) is 9.59 Å². The van der Waals surface area contributed by atoms with Gasteiger partial charge in [-0.2, -0.15) is 0 Å². The lowest BCUT2D eigenvalue weighted by molar-refractivity contribution is -0.137. The molecule has 0 aliphatic carbocycles. The van der Waals surface area contributed by atoms with Gasteiger partial charge in [-0.3, -0.25) is 9.59 Å². The topological polar surface area (TPSA) is 119 Å². The van der Waals surface area contributed by atoms with Crippen LogP contribution >= 0.6 is 0 Å². The predicted octanol–water partition coefficient (Wildman–Crippen LogP) is -2.65. The summed E-state index contributed by atoms with van der Waals surface area (Å²) in [7, 11) is 0. The minimum atomic E-state index is -0.521. The molecule has 9 heteroatoms. The van der Waals surface area contributed by atoms with Gasteiger partial charge in [-0.1, -0.05) is 0 Å². The van der Waals surface area contributed by atoms with E-state index in [1.807, 2.05) is 0 Å². The Morgan fingerprint density at radius 2 is 2.39 bits per heavy atom. The van der Waals surface area contributed by atoms with Gasteiger partial charge in [0.2, 0.25) is 11.8 Å². The number of carbonyl (C=O) groups excluding carboxylic acids is 2. The normalized spacial score (nSPS) is 18.8. The van der Waals surface area contributed by atoms with Crippen LogP contribution in [0.4, 0.5) is 0 Å². The number of nitrogens with one attached hydrogen (secondary N) is 1. The first kappa shape index (κ1) is 12.4. The molecule has 1 unspecified atom stereocenters. The molecule has 1 aromatic rings. The second-order valence-corrected chi connectivity index (χ2v) is 4.14. The van der Waals surface area contributed by atoms with Crippen LogP contribution in [-0.4, -0.2) is 62.6 Å². The Bertz CT molecular complexity index is 413. The van der Waals surface area contributed by atoms with Crippen molar-refractivity contribution in [3.05, 3.63) is 6.33 Å². The maximum Gasteiger partial charge on any atom is 0.245 e. The van der Waals surface area contributed by atoms with Crippen molar-refractivity contribution in [1.29, 1.82) is 0 Å². The fourth-order valence-corrected chi connectivity index (χ4v) is 1.98. The van der Waals surface area contributed by atoms with E-state index in [-0.39, 0.29) is 25.0 Å². The molecule has 1 aliphatic heterocycles. The Morgan fingerprint density at radius 3 is 2.94 bits per heavy atom. The maximum atomic E-state index is 12.1. The minimum absolute atomic E-state index is 0.00137. The average Bonchev–Trinajstić information content (AvgIpc) is 2.97. The van der Waals surface area contributed by atoms with Crippen molar-refractivity contribution in [2.45, 2.75) is 19.0 Å². The third kappa shape index (κ3) is 3.00. The van der Waals surface area contributed by atoms with Gasteiger partial charge in [-0.15, -0.1) is 5.10 Å².